The number of halogens is 3. The molecular weight excluding hydrogens is 397 g/mol. The van der Waals surface area contributed by atoms with Gasteiger partial charge in [-0.15, -0.1) is 10.2 Å². The Labute approximate surface area is 171 Å². The van der Waals surface area contributed by atoms with E-state index in [1.165, 1.54) is 6.07 Å². The number of ether oxygens (including phenoxy) is 1. The molecular formula is C20H23F3N6O. The molecule has 10 heteroatoms. The number of H-pyrrole nitrogens is 1. The second kappa shape index (κ2) is 9.55. The highest BCUT2D eigenvalue weighted by atomic mass is 19.4. The van der Waals surface area contributed by atoms with Gasteiger partial charge in [-0.2, -0.15) is 13.2 Å². The van der Waals surface area contributed by atoms with Crippen LogP contribution in [0.4, 0.5) is 13.2 Å². The number of nitrogens with zero attached hydrogens (tertiary/aromatic N) is 5. The van der Waals surface area contributed by atoms with Crippen molar-refractivity contribution in [1.29, 1.82) is 0 Å². The van der Waals surface area contributed by atoms with Crippen molar-refractivity contribution < 1.29 is 17.9 Å². The first-order chi connectivity index (χ1) is 14.5. The number of rotatable bonds is 2. The molecule has 0 radical (unpaired) electrons. The average Bonchev–Trinajstić information content (AvgIpc) is 3.50. The Hall–Kier alpha value is -3.17. The maximum Gasteiger partial charge on any atom is 0.417 e. The van der Waals surface area contributed by atoms with Gasteiger partial charge >= 0.3 is 6.18 Å². The topological polar surface area (TPSA) is 81.0 Å². The third-order valence-corrected chi connectivity index (χ3v) is 4.50. The zero-order valence-electron chi connectivity index (χ0n) is 16.7. The summed E-state index contributed by atoms with van der Waals surface area (Å²) in [7, 11) is 0. The summed E-state index contributed by atoms with van der Waals surface area (Å²) in [6.45, 7) is 4.00. The number of fused-ring (bicyclic) bond motifs is 3. The Morgan fingerprint density at radius 3 is 2.50 bits per heavy atom. The number of aromatic amines is 1. The molecule has 0 atom stereocenters. The predicted molar refractivity (Wildman–Crippen MR) is 106 cm³/mol. The van der Waals surface area contributed by atoms with Crippen LogP contribution >= 0.6 is 0 Å². The van der Waals surface area contributed by atoms with Crippen molar-refractivity contribution >= 4 is 16.8 Å². The number of pyridine rings is 1. The SMILES string of the molecule is CC.FC(F)(F)c1ccc(OC2CCCC2)nc1.c1cc2c(ncc3nncn32)[nH]1. The van der Waals surface area contributed by atoms with E-state index in [1.807, 2.05) is 30.5 Å². The minimum Gasteiger partial charge on any atom is -0.474 e. The van der Waals surface area contributed by atoms with Gasteiger partial charge in [0, 0.05) is 18.5 Å². The molecule has 160 valence electrons. The summed E-state index contributed by atoms with van der Waals surface area (Å²) in [5, 5.41) is 7.68. The maximum absolute atomic E-state index is 12.2. The summed E-state index contributed by atoms with van der Waals surface area (Å²) in [5.74, 6) is 0.278. The Morgan fingerprint density at radius 1 is 1.07 bits per heavy atom. The monoisotopic (exact) mass is 420 g/mol. The third-order valence-electron chi connectivity index (χ3n) is 4.50. The van der Waals surface area contributed by atoms with Gasteiger partial charge in [-0.3, -0.25) is 4.40 Å². The average molecular weight is 420 g/mol. The summed E-state index contributed by atoms with van der Waals surface area (Å²) in [6, 6.07) is 4.22. The van der Waals surface area contributed by atoms with E-state index in [2.05, 4.69) is 25.1 Å². The molecule has 0 aromatic carbocycles. The van der Waals surface area contributed by atoms with E-state index in [1.54, 1.807) is 12.5 Å². The minimum atomic E-state index is -4.33. The van der Waals surface area contributed by atoms with Crippen LogP contribution in [0.5, 0.6) is 5.88 Å². The van der Waals surface area contributed by atoms with E-state index in [4.69, 9.17) is 4.74 Å². The molecule has 1 saturated carbocycles. The fraction of sp³-hybridized carbons (Fsp3) is 0.400. The molecule has 1 fully saturated rings. The number of hydrogen-bond acceptors (Lipinski definition) is 5. The largest absolute Gasteiger partial charge is 0.474 e. The lowest BCUT2D eigenvalue weighted by Crippen LogP contribution is -2.12. The van der Waals surface area contributed by atoms with Crippen LogP contribution < -0.4 is 4.74 Å². The van der Waals surface area contributed by atoms with Crippen molar-refractivity contribution in [1.82, 2.24) is 29.5 Å². The van der Waals surface area contributed by atoms with Gasteiger partial charge in [-0.05, 0) is 37.8 Å². The summed E-state index contributed by atoms with van der Waals surface area (Å²) < 4.78 is 44.1. The molecule has 7 nitrogen and oxygen atoms in total. The summed E-state index contributed by atoms with van der Waals surface area (Å²) in [6.07, 6.45) is 5.95. The van der Waals surface area contributed by atoms with E-state index in [0.717, 1.165) is 54.8 Å². The van der Waals surface area contributed by atoms with Gasteiger partial charge in [0.2, 0.25) is 5.88 Å². The standard InChI is InChI=1S/C11H12F3NO.C7H5N5.C2H6/c12-11(13,14)8-5-6-10(15-7-8)16-9-3-1-2-4-9;1-2-8-7-5(1)12-4-10-11-6(12)3-9-7;1-2/h5-7,9H,1-4H2;1-4,8H;1-2H3. The van der Waals surface area contributed by atoms with E-state index < -0.39 is 11.7 Å². The molecule has 1 aliphatic carbocycles. The third kappa shape index (κ3) is 5.05. The second-order valence-electron chi connectivity index (χ2n) is 6.44. The Balaban J connectivity index is 0.000000162. The molecule has 4 heterocycles. The molecule has 0 amide bonds. The van der Waals surface area contributed by atoms with Gasteiger partial charge in [0.1, 0.15) is 12.4 Å². The molecule has 4 aromatic rings. The van der Waals surface area contributed by atoms with Crippen molar-refractivity contribution in [3.05, 3.63) is 48.7 Å². The van der Waals surface area contributed by atoms with Gasteiger partial charge in [-0.1, -0.05) is 13.8 Å². The highest BCUT2D eigenvalue weighted by molar-refractivity contribution is 5.73. The molecule has 5 rings (SSSR count). The van der Waals surface area contributed by atoms with E-state index in [9.17, 15) is 13.2 Å². The highest BCUT2D eigenvalue weighted by Gasteiger charge is 2.30. The van der Waals surface area contributed by atoms with Crippen molar-refractivity contribution in [2.24, 2.45) is 0 Å². The molecule has 30 heavy (non-hydrogen) atoms. The van der Waals surface area contributed by atoms with Crippen LogP contribution in [0.1, 0.15) is 45.1 Å². The number of nitrogens with one attached hydrogen (secondary N) is 1. The van der Waals surface area contributed by atoms with Crippen LogP contribution in [-0.2, 0) is 6.18 Å². The lowest BCUT2D eigenvalue weighted by molar-refractivity contribution is -0.137. The van der Waals surface area contributed by atoms with Crippen molar-refractivity contribution in [3.63, 3.8) is 0 Å². The van der Waals surface area contributed by atoms with Crippen LogP contribution in [-0.4, -0.2) is 35.7 Å². The van der Waals surface area contributed by atoms with Gasteiger partial charge in [0.05, 0.1) is 17.3 Å². The Bertz CT molecular complexity index is 1000. The molecule has 0 unspecified atom stereocenters. The smallest absolute Gasteiger partial charge is 0.417 e. The van der Waals surface area contributed by atoms with E-state index in [0.29, 0.717) is 0 Å². The van der Waals surface area contributed by atoms with Crippen molar-refractivity contribution in [2.75, 3.05) is 0 Å². The number of aromatic nitrogens is 6. The molecule has 4 aromatic heterocycles. The molecule has 0 bridgehead atoms. The molecule has 1 aliphatic rings. The summed E-state index contributed by atoms with van der Waals surface area (Å²) in [5.41, 5.74) is 1.87. The van der Waals surface area contributed by atoms with Gasteiger partial charge < -0.3 is 9.72 Å². The van der Waals surface area contributed by atoms with Crippen LogP contribution in [0.25, 0.3) is 16.8 Å². The van der Waals surface area contributed by atoms with Gasteiger partial charge in [0.15, 0.2) is 11.3 Å². The van der Waals surface area contributed by atoms with Crippen molar-refractivity contribution in [3.8, 4) is 5.88 Å². The molecule has 0 spiro atoms. The fourth-order valence-electron chi connectivity index (χ4n) is 3.08. The first-order valence-electron chi connectivity index (χ1n) is 9.82. The van der Waals surface area contributed by atoms with Crippen LogP contribution in [0.2, 0.25) is 0 Å². The number of hydrogen-bond donors (Lipinski definition) is 1. The minimum absolute atomic E-state index is 0.115. The molecule has 1 N–H and O–H groups in total. The summed E-state index contributed by atoms with van der Waals surface area (Å²) >= 11 is 0. The highest BCUT2D eigenvalue weighted by Crippen LogP contribution is 2.30. The first kappa shape index (κ1) is 21.5. The first-order valence-corrected chi connectivity index (χ1v) is 9.82. The van der Waals surface area contributed by atoms with Crippen LogP contribution in [0, 0.1) is 0 Å². The zero-order valence-corrected chi connectivity index (χ0v) is 16.7. The fourth-order valence-corrected chi connectivity index (χ4v) is 3.08. The van der Waals surface area contributed by atoms with Gasteiger partial charge in [0.25, 0.3) is 0 Å². The van der Waals surface area contributed by atoms with Gasteiger partial charge in [-0.25, -0.2) is 9.97 Å². The lowest BCUT2D eigenvalue weighted by Gasteiger charge is -2.12. The molecule has 0 aliphatic heterocycles. The quantitative estimate of drug-likeness (QED) is 0.491. The predicted octanol–water partition coefficient (Wildman–Crippen LogP) is 5.05. The van der Waals surface area contributed by atoms with Crippen LogP contribution in [0.15, 0.2) is 43.1 Å². The number of alkyl halides is 3. The van der Waals surface area contributed by atoms with Crippen molar-refractivity contribution in [2.45, 2.75) is 51.8 Å². The Morgan fingerprint density at radius 2 is 1.83 bits per heavy atom. The second-order valence-corrected chi connectivity index (χ2v) is 6.44. The lowest BCUT2D eigenvalue weighted by atomic mass is 10.3. The van der Waals surface area contributed by atoms with E-state index >= 15 is 0 Å². The zero-order chi connectivity index (χ0) is 21.6. The van der Waals surface area contributed by atoms with Crippen LogP contribution in [0.3, 0.4) is 0 Å². The van der Waals surface area contributed by atoms with E-state index in [-0.39, 0.29) is 12.0 Å². The molecule has 0 saturated heterocycles. The Kier molecular flexibility index (Phi) is 6.86. The maximum atomic E-state index is 12.2. The summed E-state index contributed by atoms with van der Waals surface area (Å²) in [4.78, 5) is 10.8. The normalized spacial score (nSPS) is 14.2.